The minimum atomic E-state index is -0.859. The minimum absolute atomic E-state index is 0.0516. The van der Waals surface area contributed by atoms with Gasteiger partial charge in [0.25, 0.3) is 5.69 Å². The molecule has 0 radical (unpaired) electrons. The fourth-order valence-corrected chi connectivity index (χ4v) is 2.39. The van der Waals surface area contributed by atoms with Crippen LogP contribution in [0.25, 0.3) is 0 Å². The van der Waals surface area contributed by atoms with Gasteiger partial charge in [0.2, 0.25) is 0 Å². The van der Waals surface area contributed by atoms with Crippen molar-refractivity contribution in [1.29, 1.82) is 5.26 Å². The number of fused-ring (bicyclic) bond motifs is 1. The van der Waals surface area contributed by atoms with Crippen molar-refractivity contribution in [3.05, 3.63) is 57.6 Å². The first-order valence-corrected chi connectivity index (χ1v) is 7.96. The molecule has 0 atom stereocenters. The highest BCUT2D eigenvalue weighted by atomic mass is 16.6. The second-order valence-corrected chi connectivity index (χ2v) is 5.39. The smallest absolute Gasteiger partial charge is 0.345 e. The van der Waals surface area contributed by atoms with E-state index in [9.17, 15) is 14.9 Å². The predicted molar refractivity (Wildman–Crippen MR) is 91.0 cm³/mol. The third-order valence-corrected chi connectivity index (χ3v) is 3.65. The number of rotatable bonds is 6. The molecule has 138 valence electrons. The largest absolute Gasteiger partial charge is 0.490 e. The SMILES string of the molecule is N#Cc1ccc(OCCOC(=O)c2cc3c(cc2[N+](=O)[O-])OCCO3)cc1. The van der Waals surface area contributed by atoms with Gasteiger partial charge in [-0.05, 0) is 24.3 Å². The molecule has 0 saturated heterocycles. The molecule has 0 spiro atoms. The molecule has 1 aliphatic rings. The lowest BCUT2D eigenvalue weighted by molar-refractivity contribution is -0.385. The minimum Gasteiger partial charge on any atom is -0.490 e. The zero-order valence-corrected chi connectivity index (χ0v) is 14.0. The fourth-order valence-electron chi connectivity index (χ4n) is 2.39. The van der Waals surface area contributed by atoms with E-state index >= 15 is 0 Å². The Kier molecular flexibility index (Phi) is 5.37. The Morgan fingerprint density at radius 1 is 1.15 bits per heavy atom. The van der Waals surface area contributed by atoms with Gasteiger partial charge in [-0.2, -0.15) is 5.26 Å². The lowest BCUT2D eigenvalue weighted by Gasteiger charge is -2.18. The highest BCUT2D eigenvalue weighted by Gasteiger charge is 2.27. The van der Waals surface area contributed by atoms with Gasteiger partial charge >= 0.3 is 5.97 Å². The van der Waals surface area contributed by atoms with Crippen LogP contribution in [0.4, 0.5) is 5.69 Å². The van der Waals surface area contributed by atoms with Crippen molar-refractivity contribution < 1.29 is 28.7 Å². The number of hydrogen-bond acceptors (Lipinski definition) is 8. The topological polar surface area (TPSA) is 121 Å². The van der Waals surface area contributed by atoms with Crippen molar-refractivity contribution in [2.24, 2.45) is 0 Å². The van der Waals surface area contributed by atoms with Gasteiger partial charge < -0.3 is 18.9 Å². The molecule has 9 heteroatoms. The number of carbonyl (C=O) groups excluding carboxylic acids is 1. The summed E-state index contributed by atoms with van der Waals surface area (Å²) in [4.78, 5) is 22.8. The molecule has 3 rings (SSSR count). The molecular weight excluding hydrogens is 356 g/mol. The van der Waals surface area contributed by atoms with Gasteiger partial charge in [0.1, 0.15) is 37.7 Å². The molecule has 2 aromatic carbocycles. The Bertz CT molecular complexity index is 903. The van der Waals surface area contributed by atoms with E-state index in [2.05, 4.69) is 0 Å². The Hall–Kier alpha value is -3.80. The number of esters is 1. The quantitative estimate of drug-likeness (QED) is 0.329. The summed E-state index contributed by atoms with van der Waals surface area (Å²) in [5, 5.41) is 20.0. The van der Waals surface area contributed by atoms with E-state index in [1.807, 2.05) is 6.07 Å². The molecule has 1 aliphatic heterocycles. The maximum Gasteiger partial charge on any atom is 0.345 e. The first kappa shape index (κ1) is 18.0. The van der Waals surface area contributed by atoms with Crippen LogP contribution in [0.2, 0.25) is 0 Å². The number of benzene rings is 2. The second-order valence-electron chi connectivity index (χ2n) is 5.39. The van der Waals surface area contributed by atoms with Crippen molar-refractivity contribution in [3.8, 4) is 23.3 Å². The molecule has 9 nitrogen and oxygen atoms in total. The average molecular weight is 370 g/mol. The summed E-state index contributed by atoms with van der Waals surface area (Å²) in [6, 6.07) is 10.8. The van der Waals surface area contributed by atoms with E-state index in [-0.39, 0.29) is 43.5 Å². The Morgan fingerprint density at radius 2 is 1.81 bits per heavy atom. The summed E-state index contributed by atoms with van der Waals surface area (Å²) in [6.45, 7) is 0.513. The van der Waals surface area contributed by atoms with Crippen LogP contribution in [0, 0.1) is 21.4 Å². The lowest BCUT2D eigenvalue weighted by Crippen LogP contribution is -2.18. The zero-order chi connectivity index (χ0) is 19.2. The summed E-state index contributed by atoms with van der Waals surface area (Å²) in [5.74, 6) is 0.124. The van der Waals surface area contributed by atoms with Crippen LogP contribution in [0.15, 0.2) is 36.4 Å². The van der Waals surface area contributed by atoms with Crippen LogP contribution in [0.1, 0.15) is 15.9 Å². The Balaban J connectivity index is 1.61. The van der Waals surface area contributed by atoms with Crippen molar-refractivity contribution in [2.75, 3.05) is 26.4 Å². The van der Waals surface area contributed by atoms with Crippen molar-refractivity contribution in [3.63, 3.8) is 0 Å². The number of nitro benzene ring substituents is 1. The molecule has 0 unspecified atom stereocenters. The van der Waals surface area contributed by atoms with Crippen molar-refractivity contribution in [1.82, 2.24) is 0 Å². The summed E-state index contributed by atoms with van der Waals surface area (Å²) >= 11 is 0. The molecule has 0 aromatic heterocycles. The van der Waals surface area contributed by atoms with E-state index in [0.717, 1.165) is 6.07 Å². The molecule has 0 aliphatic carbocycles. The van der Waals surface area contributed by atoms with Crippen LogP contribution >= 0.6 is 0 Å². The molecule has 0 amide bonds. The molecular formula is C18H14N2O7. The Morgan fingerprint density at radius 3 is 2.44 bits per heavy atom. The number of ether oxygens (including phenoxy) is 4. The fraction of sp³-hybridized carbons (Fsp3) is 0.222. The maximum atomic E-state index is 12.2. The van der Waals surface area contributed by atoms with Crippen LogP contribution < -0.4 is 14.2 Å². The van der Waals surface area contributed by atoms with Gasteiger partial charge in [0.15, 0.2) is 11.5 Å². The van der Waals surface area contributed by atoms with Gasteiger partial charge in [-0.15, -0.1) is 0 Å². The van der Waals surface area contributed by atoms with Gasteiger partial charge in [-0.3, -0.25) is 10.1 Å². The molecule has 0 saturated carbocycles. The van der Waals surface area contributed by atoms with Crippen molar-refractivity contribution in [2.45, 2.75) is 0 Å². The number of carbonyl (C=O) groups is 1. The normalized spacial score (nSPS) is 12.0. The zero-order valence-electron chi connectivity index (χ0n) is 14.0. The highest BCUT2D eigenvalue weighted by molar-refractivity contribution is 5.95. The van der Waals surface area contributed by atoms with Crippen LogP contribution in [0.3, 0.4) is 0 Å². The van der Waals surface area contributed by atoms with E-state index in [1.54, 1.807) is 24.3 Å². The van der Waals surface area contributed by atoms with Crippen LogP contribution in [0.5, 0.6) is 17.2 Å². The average Bonchev–Trinajstić information content (AvgIpc) is 2.70. The first-order valence-electron chi connectivity index (χ1n) is 7.96. The predicted octanol–water partition coefficient (Wildman–Crippen LogP) is 2.47. The summed E-state index contributed by atoms with van der Waals surface area (Å²) in [5.41, 5.74) is -0.139. The lowest BCUT2D eigenvalue weighted by atomic mass is 10.1. The molecule has 0 bridgehead atoms. The van der Waals surface area contributed by atoms with Crippen LogP contribution in [-0.2, 0) is 4.74 Å². The van der Waals surface area contributed by atoms with Gasteiger partial charge in [0, 0.05) is 6.07 Å². The number of hydrogen-bond donors (Lipinski definition) is 0. The molecule has 2 aromatic rings. The van der Waals surface area contributed by atoms with Crippen molar-refractivity contribution >= 4 is 11.7 Å². The maximum absolute atomic E-state index is 12.2. The second kappa shape index (κ2) is 8.05. The standard InChI is InChI=1S/C18H14N2O7/c19-11-12-1-3-13(4-2-12)24-5-8-27-18(21)14-9-16-17(26-7-6-25-16)10-15(14)20(22)23/h1-4,9-10H,5-8H2. The summed E-state index contributed by atoms with van der Waals surface area (Å²) in [7, 11) is 0. The third kappa shape index (κ3) is 4.24. The molecule has 27 heavy (non-hydrogen) atoms. The van der Waals surface area contributed by atoms with Gasteiger partial charge in [-0.1, -0.05) is 0 Å². The number of nitrogens with zero attached hydrogens (tertiary/aromatic N) is 2. The van der Waals surface area contributed by atoms with E-state index < -0.39 is 16.6 Å². The number of nitro groups is 1. The van der Waals surface area contributed by atoms with Gasteiger partial charge in [-0.25, -0.2) is 4.79 Å². The van der Waals surface area contributed by atoms with E-state index in [4.69, 9.17) is 24.2 Å². The monoisotopic (exact) mass is 370 g/mol. The molecule has 0 N–H and O–H groups in total. The summed E-state index contributed by atoms with van der Waals surface area (Å²) < 4.78 is 21.1. The Labute approximate surface area is 153 Å². The third-order valence-electron chi connectivity index (χ3n) is 3.65. The van der Waals surface area contributed by atoms with E-state index in [0.29, 0.717) is 11.3 Å². The highest BCUT2D eigenvalue weighted by Crippen LogP contribution is 2.36. The van der Waals surface area contributed by atoms with Crippen LogP contribution in [-0.4, -0.2) is 37.3 Å². The number of nitriles is 1. The van der Waals surface area contributed by atoms with Gasteiger partial charge in [0.05, 0.1) is 22.6 Å². The summed E-state index contributed by atoms with van der Waals surface area (Å²) in [6.07, 6.45) is 0. The molecule has 1 heterocycles. The van der Waals surface area contributed by atoms with E-state index in [1.165, 1.54) is 6.07 Å². The first-order chi connectivity index (χ1) is 13.1. The molecule has 0 fully saturated rings.